The number of nitrogens with zero attached hydrogens (tertiary/aromatic N) is 3. The lowest BCUT2D eigenvalue weighted by molar-refractivity contribution is -0.113. The van der Waals surface area contributed by atoms with E-state index in [1.807, 2.05) is 69.5 Å². The highest BCUT2D eigenvalue weighted by Gasteiger charge is 2.20. The SMILES string of the molecule is CCn1c(SCC(=O)Nc2cccc(C)c2C)nnc1[C@H](C)NC(=O)c1ccc(C)cc1. The normalized spacial score (nSPS) is 11.8. The van der Waals surface area contributed by atoms with E-state index in [0.29, 0.717) is 23.1 Å². The number of carbonyl (C=O) groups is 2. The molecule has 3 aromatic rings. The highest BCUT2D eigenvalue weighted by atomic mass is 32.2. The predicted octanol–water partition coefficient (Wildman–Crippen LogP) is 4.45. The van der Waals surface area contributed by atoms with Crippen LogP contribution in [0.2, 0.25) is 0 Å². The largest absolute Gasteiger partial charge is 0.342 e. The Morgan fingerprint density at radius 2 is 1.78 bits per heavy atom. The van der Waals surface area contributed by atoms with Gasteiger partial charge in [0.1, 0.15) is 0 Å². The molecule has 2 aromatic carbocycles. The van der Waals surface area contributed by atoms with E-state index in [9.17, 15) is 9.59 Å². The molecule has 7 nitrogen and oxygen atoms in total. The minimum atomic E-state index is -0.325. The molecular weight excluding hydrogens is 422 g/mol. The zero-order valence-electron chi connectivity index (χ0n) is 19.1. The first-order valence-electron chi connectivity index (χ1n) is 10.6. The third kappa shape index (κ3) is 5.56. The van der Waals surface area contributed by atoms with Crippen molar-refractivity contribution < 1.29 is 9.59 Å². The van der Waals surface area contributed by atoms with Crippen molar-refractivity contribution in [1.82, 2.24) is 20.1 Å². The molecule has 32 heavy (non-hydrogen) atoms. The number of nitrogens with one attached hydrogen (secondary N) is 2. The van der Waals surface area contributed by atoms with Crippen LogP contribution in [0.5, 0.6) is 0 Å². The van der Waals surface area contributed by atoms with Crippen LogP contribution in [0, 0.1) is 20.8 Å². The minimum Gasteiger partial charge on any atom is -0.342 e. The van der Waals surface area contributed by atoms with E-state index in [-0.39, 0.29) is 23.6 Å². The molecule has 0 unspecified atom stereocenters. The van der Waals surface area contributed by atoms with Crippen LogP contribution in [0.3, 0.4) is 0 Å². The number of thioether (sulfide) groups is 1. The maximum Gasteiger partial charge on any atom is 0.251 e. The minimum absolute atomic E-state index is 0.100. The van der Waals surface area contributed by atoms with E-state index in [1.54, 1.807) is 12.1 Å². The number of hydrogen-bond donors (Lipinski definition) is 2. The van der Waals surface area contributed by atoms with E-state index in [1.165, 1.54) is 11.8 Å². The Bertz CT molecular complexity index is 1110. The molecule has 8 heteroatoms. The molecule has 3 rings (SSSR count). The maximum absolute atomic E-state index is 12.6. The van der Waals surface area contributed by atoms with E-state index in [4.69, 9.17) is 0 Å². The summed E-state index contributed by atoms with van der Waals surface area (Å²) in [5.74, 6) is 0.614. The second-order valence-electron chi connectivity index (χ2n) is 7.73. The topological polar surface area (TPSA) is 88.9 Å². The third-order valence-electron chi connectivity index (χ3n) is 5.32. The summed E-state index contributed by atoms with van der Waals surface area (Å²) in [6.07, 6.45) is 0. The molecule has 0 saturated carbocycles. The van der Waals surface area contributed by atoms with Gasteiger partial charge >= 0.3 is 0 Å². The molecule has 2 N–H and O–H groups in total. The van der Waals surface area contributed by atoms with Crippen LogP contribution in [0.25, 0.3) is 0 Å². The van der Waals surface area contributed by atoms with Gasteiger partial charge in [-0.2, -0.15) is 0 Å². The highest BCUT2D eigenvalue weighted by molar-refractivity contribution is 7.99. The number of rotatable bonds is 8. The van der Waals surface area contributed by atoms with Gasteiger partial charge in [0.2, 0.25) is 5.91 Å². The molecule has 1 heterocycles. The third-order valence-corrected chi connectivity index (χ3v) is 6.29. The summed E-state index contributed by atoms with van der Waals surface area (Å²) < 4.78 is 1.93. The van der Waals surface area contributed by atoms with Crippen molar-refractivity contribution in [2.45, 2.75) is 52.4 Å². The average Bonchev–Trinajstić information content (AvgIpc) is 3.19. The molecule has 0 aliphatic heterocycles. The smallest absolute Gasteiger partial charge is 0.251 e. The van der Waals surface area contributed by atoms with Crippen LogP contribution in [-0.4, -0.2) is 32.3 Å². The van der Waals surface area contributed by atoms with Crippen molar-refractivity contribution in [2.75, 3.05) is 11.1 Å². The van der Waals surface area contributed by atoms with Crippen LogP contribution in [-0.2, 0) is 11.3 Å². The summed E-state index contributed by atoms with van der Waals surface area (Å²) in [6.45, 7) is 10.5. The lowest BCUT2D eigenvalue weighted by atomic mass is 10.1. The molecule has 0 radical (unpaired) electrons. The quantitative estimate of drug-likeness (QED) is 0.494. The second-order valence-corrected chi connectivity index (χ2v) is 8.67. The van der Waals surface area contributed by atoms with Gasteiger partial charge < -0.3 is 15.2 Å². The van der Waals surface area contributed by atoms with Crippen LogP contribution < -0.4 is 10.6 Å². The highest BCUT2D eigenvalue weighted by Crippen LogP contribution is 2.22. The standard InChI is InChI=1S/C24H29N5O2S/c1-6-29-22(18(5)25-23(31)19-12-10-15(2)11-13-19)27-28-24(29)32-14-21(30)26-20-9-7-8-16(3)17(20)4/h7-13,18H,6,14H2,1-5H3,(H,25,31)(H,26,30)/t18-/m0/s1. The van der Waals surface area contributed by atoms with Gasteiger partial charge in [-0.25, -0.2) is 0 Å². The van der Waals surface area contributed by atoms with E-state index < -0.39 is 0 Å². The van der Waals surface area contributed by atoms with Gasteiger partial charge in [0.25, 0.3) is 5.91 Å². The van der Waals surface area contributed by atoms with E-state index >= 15 is 0 Å². The molecule has 0 saturated heterocycles. The molecule has 0 aliphatic rings. The second kappa shape index (κ2) is 10.5. The summed E-state index contributed by atoms with van der Waals surface area (Å²) in [5, 5.41) is 15.1. The fourth-order valence-electron chi connectivity index (χ4n) is 3.28. The summed E-state index contributed by atoms with van der Waals surface area (Å²) >= 11 is 1.33. The van der Waals surface area contributed by atoms with Gasteiger partial charge in [-0.05, 0) is 63.9 Å². The fourth-order valence-corrected chi connectivity index (χ4v) is 4.09. The van der Waals surface area contributed by atoms with Crippen molar-refractivity contribution in [3.8, 4) is 0 Å². The summed E-state index contributed by atoms with van der Waals surface area (Å²) in [4.78, 5) is 25.0. The Kier molecular flexibility index (Phi) is 7.69. The van der Waals surface area contributed by atoms with Gasteiger partial charge in [-0.3, -0.25) is 9.59 Å². The van der Waals surface area contributed by atoms with E-state index in [2.05, 4.69) is 20.8 Å². The Hall–Kier alpha value is -3.13. The van der Waals surface area contributed by atoms with Gasteiger partial charge in [-0.1, -0.05) is 41.6 Å². The molecule has 0 aliphatic carbocycles. The number of aromatic nitrogens is 3. The van der Waals surface area contributed by atoms with Crippen molar-refractivity contribution in [2.24, 2.45) is 0 Å². The monoisotopic (exact) mass is 451 g/mol. The number of benzene rings is 2. The number of aryl methyl sites for hydroxylation is 2. The summed E-state index contributed by atoms with van der Waals surface area (Å²) in [5.41, 5.74) is 4.71. The van der Waals surface area contributed by atoms with Crippen molar-refractivity contribution >= 4 is 29.3 Å². The Balaban J connectivity index is 1.63. The predicted molar refractivity (Wildman–Crippen MR) is 128 cm³/mol. The number of anilines is 1. The summed E-state index contributed by atoms with van der Waals surface area (Å²) in [6, 6.07) is 12.9. The lowest BCUT2D eigenvalue weighted by Crippen LogP contribution is -2.28. The van der Waals surface area contributed by atoms with Gasteiger partial charge in [-0.15, -0.1) is 10.2 Å². The lowest BCUT2D eigenvalue weighted by Gasteiger charge is -2.15. The van der Waals surface area contributed by atoms with Crippen molar-refractivity contribution in [3.63, 3.8) is 0 Å². The van der Waals surface area contributed by atoms with Crippen molar-refractivity contribution in [3.05, 3.63) is 70.5 Å². The fraction of sp³-hybridized carbons (Fsp3) is 0.333. The van der Waals surface area contributed by atoms with Crippen LogP contribution in [0.15, 0.2) is 47.6 Å². The zero-order chi connectivity index (χ0) is 23.3. The Morgan fingerprint density at radius 3 is 2.47 bits per heavy atom. The first kappa shape index (κ1) is 23.5. The van der Waals surface area contributed by atoms with Crippen LogP contribution in [0.1, 0.15) is 52.8 Å². The molecule has 168 valence electrons. The Labute approximate surface area is 193 Å². The first-order valence-corrected chi connectivity index (χ1v) is 11.6. The summed E-state index contributed by atoms with van der Waals surface area (Å²) in [7, 11) is 0. The van der Waals surface area contributed by atoms with Gasteiger partial charge in [0.15, 0.2) is 11.0 Å². The molecule has 1 aromatic heterocycles. The molecule has 0 fully saturated rings. The number of carbonyl (C=O) groups excluding carboxylic acids is 2. The zero-order valence-corrected chi connectivity index (χ0v) is 19.9. The van der Waals surface area contributed by atoms with Gasteiger partial charge in [0.05, 0.1) is 11.8 Å². The van der Waals surface area contributed by atoms with Crippen LogP contribution in [0.4, 0.5) is 5.69 Å². The maximum atomic E-state index is 12.6. The average molecular weight is 452 g/mol. The molecule has 1 atom stereocenters. The molecule has 2 amide bonds. The molecule has 0 bridgehead atoms. The van der Waals surface area contributed by atoms with Gasteiger partial charge in [0, 0.05) is 17.8 Å². The Morgan fingerprint density at radius 1 is 1.06 bits per heavy atom. The molecule has 0 spiro atoms. The number of amides is 2. The van der Waals surface area contributed by atoms with Crippen LogP contribution >= 0.6 is 11.8 Å². The number of hydrogen-bond acceptors (Lipinski definition) is 5. The molecular formula is C24H29N5O2S. The van der Waals surface area contributed by atoms with Crippen molar-refractivity contribution in [1.29, 1.82) is 0 Å². The van der Waals surface area contributed by atoms with E-state index in [0.717, 1.165) is 22.4 Å². The first-order chi connectivity index (χ1) is 15.3.